The van der Waals surface area contributed by atoms with Gasteiger partial charge >= 0.3 is 5.97 Å². The van der Waals surface area contributed by atoms with Crippen LogP contribution in [0, 0.1) is 5.92 Å². The van der Waals surface area contributed by atoms with Crippen LogP contribution in [0.5, 0.6) is 5.75 Å². The van der Waals surface area contributed by atoms with Gasteiger partial charge in [-0.25, -0.2) is 8.78 Å². The summed E-state index contributed by atoms with van der Waals surface area (Å²) in [6.45, 7) is 1.83. The zero-order chi connectivity index (χ0) is 16.9. The summed E-state index contributed by atoms with van der Waals surface area (Å²) in [6, 6.07) is 5.32. The molecule has 23 heavy (non-hydrogen) atoms. The van der Waals surface area contributed by atoms with E-state index >= 15 is 0 Å². The number of hydrogen-bond donors (Lipinski definition) is 1. The van der Waals surface area contributed by atoms with Crippen molar-refractivity contribution in [2.75, 3.05) is 19.0 Å². The predicted molar refractivity (Wildman–Crippen MR) is 83.8 cm³/mol. The molecule has 6 heteroatoms. The molecule has 1 aliphatic rings. The van der Waals surface area contributed by atoms with Gasteiger partial charge in [-0.05, 0) is 37.6 Å². The minimum absolute atomic E-state index is 0.167. The third-order valence-electron chi connectivity index (χ3n) is 3.81. The van der Waals surface area contributed by atoms with Crippen LogP contribution in [0.3, 0.4) is 0 Å². The van der Waals surface area contributed by atoms with Crippen LogP contribution in [0.15, 0.2) is 36.4 Å². The average molecular weight is 325 g/mol. The SMILES string of the molecule is CCOC(=O)[C@@H]1CC=CCC(F)(F)[C@H]1Nc1ccc(OC)cc1. The van der Waals surface area contributed by atoms with E-state index in [0.717, 1.165) is 0 Å². The summed E-state index contributed by atoms with van der Waals surface area (Å²) in [5.41, 5.74) is 0.506. The number of methoxy groups -OCH3 is 1. The summed E-state index contributed by atoms with van der Waals surface area (Å²) < 4.78 is 38.9. The standard InChI is InChI=1S/C17H21F2NO3/c1-3-23-16(21)14-6-4-5-11-17(18,19)15(14)20-12-7-9-13(22-2)10-8-12/h4-5,7-10,14-15,20H,3,6,11H2,1-2H3/t14-,15+/m1/s1. The molecule has 0 unspecified atom stereocenters. The lowest BCUT2D eigenvalue weighted by Crippen LogP contribution is -2.47. The van der Waals surface area contributed by atoms with Crippen molar-refractivity contribution < 1.29 is 23.0 Å². The van der Waals surface area contributed by atoms with Crippen molar-refractivity contribution in [3.8, 4) is 5.75 Å². The van der Waals surface area contributed by atoms with Gasteiger partial charge in [0, 0.05) is 12.1 Å². The van der Waals surface area contributed by atoms with E-state index in [2.05, 4.69) is 5.32 Å². The molecule has 0 spiro atoms. The Morgan fingerprint density at radius 2 is 2.00 bits per heavy atom. The predicted octanol–water partition coefficient (Wildman–Crippen LogP) is 3.64. The van der Waals surface area contributed by atoms with E-state index < -0.39 is 30.3 Å². The highest BCUT2D eigenvalue weighted by Gasteiger charge is 2.47. The summed E-state index contributed by atoms with van der Waals surface area (Å²) >= 11 is 0. The van der Waals surface area contributed by atoms with Crippen LogP contribution in [0.4, 0.5) is 14.5 Å². The molecule has 0 saturated carbocycles. The molecule has 0 heterocycles. The molecule has 0 aliphatic heterocycles. The molecule has 1 N–H and O–H groups in total. The van der Waals surface area contributed by atoms with E-state index in [-0.39, 0.29) is 13.0 Å². The van der Waals surface area contributed by atoms with Gasteiger partial charge in [-0.2, -0.15) is 0 Å². The number of carbonyl (C=O) groups is 1. The number of hydrogen-bond acceptors (Lipinski definition) is 4. The maximum Gasteiger partial charge on any atom is 0.311 e. The van der Waals surface area contributed by atoms with Crippen LogP contribution in [0.2, 0.25) is 0 Å². The molecule has 126 valence electrons. The molecule has 1 aliphatic carbocycles. The molecular formula is C17H21F2NO3. The molecule has 2 rings (SSSR count). The second-order valence-corrected chi connectivity index (χ2v) is 5.38. The Bertz CT molecular complexity index is 557. The number of esters is 1. The normalized spacial score (nSPS) is 23.0. The second kappa shape index (κ2) is 7.44. The smallest absolute Gasteiger partial charge is 0.311 e. The Morgan fingerprint density at radius 3 is 2.61 bits per heavy atom. The van der Waals surface area contributed by atoms with Crippen LogP contribution in [-0.2, 0) is 9.53 Å². The van der Waals surface area contributed by atoms with Crippen LogP contribution >= 0.6 is 0 Å². The van der Waals surface area contributed by atoms with Crippen molar-refractivity contribution in [2.45, 2.75) is 31.7 Å². The summed E-state index contributed by atoms with van der Waals surface area (Å²) in [7, 11) is 1.53. The van der Waals surface area contributed by atoms with Gasteiger partial charge in [0.05, 0.1) is 19.6 Å². The van der Waals surface area contributed by atoms with Gasteiger partial charge in [0.2, 0.25) is 0 Å². The summed E-state index contributed by atoms with van der Waals surface area (Å²) in [6.07, 6.45) is 2.85. The second-order valence-electron chi connectivity index (χ2n) is 5.38. The Kier molecular flexibility index (Phi) is 5.58. The molecule has 1 aromatic rings. The first-order chi connectivity index (χ1) is 11.0. The number of anilines is 1. The molecule has 0 fully saturated rings. The maximum absolute atomic E-state index is 14.5. The molecule has 1 aromatic carbocycles. The van der Waals surface area contributed by atoms with Crippen LogP contribution in [-0.4, -0.2) is 31.7 Å². The molecule has 0 amide bonds. The van der Waals surface area contributed by atoms with Crippen LogP contribution in [0.25, 0.3) is 0 Å². The van der Waals surface area contributed by atoms with Crippen LogP contribution < -0.4 is 10.1 Å². The number of nitrogens with one attached hydrogen (secondary N) is 1. The van der Waals surface area contributed by atoms with E-state index in [1.807, 2.05) is 0 Å². The summed E-state index contributed by atoms with van der Waals surface area (Å²) in [5, 5.41) is 2.81. The Hall–Kier alpha value is -2.11. The topological polar surface area (TPSA) is 47.6 Å². The zero-order valence-electron chi connectivity index (χ0n) is 13.2. The molecule has 4 nitrogen and oxygen atoms in total. The Balaban J connectivity index is 2.25. The van der Waals surface area contributed by atoms with Gasteiger partial charge in [0.15, 0.2) is 0 Å². The van der Waals surface area contributed by atoms with Crippen molar-refractivity contribution in [1.29, 1.82) is 0 Å². The molecule has 0 aromatic heterocycles. The van der Waals surface area contributed by atoms with Gasteiger partial charge < -0.3 is 14.8 Å². The number of ether oxygens (including phenoxy) is 2. The number of benzene rings is 1. The van der Waals surface area contributed by atoms with Gasteiger partial charge in [-0.3, -0.25) is 4.79 Å². The van der Waals surface area contributed by atoms with Crippen LogP contribution in [0.1, 0.15) is 19.8 Å². The first-order valence-corrected chi connectivity index (χ1v) is 7.58. The maximum atomic E-state index is 14.5. The molecule has 2 atom stereocenters. The highest BCUT2D eigenvalue weighted by Crippen LogP contribution is 2.36. The lowest BCUT2D eigenvalue weighted by molar-refractivity contribution is -0.152. The number of rotatable bonds is 5. The number of alkyl halides is 2. The highest BCUT2D eigenvalue weighted by molar-refractivity contribution is 5.74. The zero-order valence-corrected chi connectivity index (χ0v) is 13.2. The van der Waals surface area contributed by atoms with Crippen molar-refractivity contribution >= 4 is 11.7 Å². The number of carbonyl (C=O) groups excluding carboxylic acids is 1. The van der Waals surface area contributed by atoms with E-state index in [1.54, 1.807) is 37.3 Å². The average Bonchev–Trinajstić information content (AvgIpc) is 2.67. The number of halogens is 2. The number of allylic oxidation sites excluding steroid dienone is 2. The third kappa shape index (κ3) is 4.21. The molecule has 0 radical (unpaired) electrons. The van der Waals surface area contributed by atoms with Crippen molar-refractivity contribution in [3.63, 3.8) is 0 Å². The minimum atomic E-state index is -3.05. The van der Waals surface area contributed by atoms with Gasteiger partial charge in [-0.1, -0.05) is 12.2 Å². The first-order valence-electron chi connectivity index (χ1n) is 7.58. The van der Waals surface area contributed by atoms with Gasteiger partial charge in [0.1, 0.15) is 11.8 Å². The third-order valence-corrected chi connectivity index (χ3v) is 3.81. The quantitative estimate of drug-likeness (QED) is 0.663. The Morgan fingerprint density at radius 1 is 1.30 bits per heavy atom. The first kappa shape index (κ1) is 17.2. The largest absolute Gasteiger partial charge is 0.497 e. The van der Waals surface area contributed by atoms with Gasteiger partial charge in [0.25, 0.3) is 5.92 Å². The highest BCUT2D eigenvalue weighted by atomic mass is 19.3. The fourth-order valence-electron chi connectivity index (χ4n) is 2.60. The van der Waals surface area contributed by atoms with E-state index in [0.29, 0.717) is 11.4 Å². The minimum Gasteiger partial charge on any atom is -0.497 e. The van der Waals surface area contributed by atoms with Gasteiger partial charge in [-0.15, -0.1) is 0 Å². The molecular weight excluding hydrogens is 304 g/mol. The monoisotopic (exact) mass is 325 g/mol. The van der Waals surface area contributed by atoms with Crippen molar-refractivity contribution in [2.24, 2.45) is 5.92 Å². The van der Waals surface area contributed by atoms with Crippen molar-refractivity contribution in [3.05, 3.63) is 36.4 Å². The van der Waals surface area contributed by atoms with E-state index in [1.165, 1.54) is 13.2 Å². The summed E-state index contributed by atoms with van der Waals surface area (Å²) in [4.78, 5) is 12.1. The van der Waals surface area contributed by atoms with E-state index in [4.69, 9.17) is 9.47 Å². The fraction of sp³-hybridized carbons (Fsp3) is 0.471. The Labute approximate surface area is 134 Å². The summed E-state index contributed by atoms with van der Waals surface area (Å²) in [5.74, 6) is -3.97. The van der Waals surface area contributed by atoms with E-state index in [9.17, 15) is 13.6 Å². The fourth-order valence-corrected chi connectivity index (χ4v) is 2.60. The van der Waals surface area contributed by atoms with Crippen molar-refractivity contribution in [1.82, 2.24) is 0 Å². The lowest BCUT2D eigenvalue weighted by atomic mass is 9.91. The molecule has 0 saturated heterocycles. The lowest BCUT2D eigenvalue weighted by Gasteiger charge is -2.31. The molecule has 0 bridgehead atoms.